The fraction of sp³-hybridized carbons (Fsp3) is 0.214. The van der Waals surface area contributed by atoms with Crippen LogP contribution in [0.25, 0.3) is 0 Å². The molecule has 0 atom stereocenters. The standard InChI is InChI=1S/C14H12F3N5O3/c15-14(16,17)9-3-1-8(2-4-9)7-18-21-11(23)6-5-10-12(24)19-13(25)22-20-10/h1-4,7H,5-6H2,(H,21,23)(H2,19,22,24,25)/b18-7+. The van der Waals surface area contributed by atoms with Gasteiger partial charge < -0.3 is 0 Å². The first-order valence-corrected chi connectivity index (χ1v) is 6.93. The summed E-state index contributed by atoms with van der Waals surface area (Å²) in [6.45, 7) is 0. The largest absolute Gasteiger partial charge is 0.416 e. The predicted molar refractivity (Wildman–Crippen MR) is 81.0 cm³/mol. The molecule has 132 valence electrons. The third-order valence-electron chi connectivity index (χ3n) is 3.01. The number of nitrogens with one attached hydrogen (secondary N) is 3. The minimum Gasteiger partial charge on any atom is -0.273 e. The molecule has 0 saturated carbocycles. The summed E-state index contributed by atoms with van der Waals surface area (Å²) in [5.74, 6) is -0.532. The van der Waals surface area contributed by atoms with Crippen molar-refractivity contribution in [2.75, 3.05) is 0 Å². The first-order valence-electron chi connectivity index (χ1n) is 6.93. The average molecular weight is 355 g/mol. The van der Waals surface area contributed by atoms with E-state index in [2.05, 4.69) is 15.6 Å². The van der Waals surface area contributed by atoms with Crippen LogP contribution in [0.2, 0.25) is 0 Å². The van der Waals surface area contributed by atoms with Gasteiger partial charge in [0.25, 0.3) is 5.56 Å². The fourth-order valence-electron chi connectivity index (χ4n) is 1.77. The van der Waals surface area contributed by atoms with E-state index in [1.165, 1.54) is 18.3 Å². The number of carbonyl (C=O) groups excluding carboxylic acids is 1. The van der Waals surface area contributed by atoms with Gasteiger partial charge in [-0.3, -0.25) is 14.6 Å². The lowest BCUT2D eigenvalue weighted by molar-refractivity contribution is -0.137. The quantitative estimate of drug-likeness (QED) is 0.536. The number of carbonyl (C=O) groups is 1. The summed E-state index contributed by atoms with van der Waals surface area (Å²) < 4.78 is 37.2. The molecule has 0 radical (unpaired) electrons. The van der Waals surface area contributed by atoms with Crippen molar-refractivity contribution < 1.29 is 18.0 Å². The zero-order chi connectivity index (χ0) is 18.4. The van der Waals surface area contributed by atoms with Crippen molar-refractivity contribution in [2.45, 2.75) is 19.0 Å². The van der Waals surface area contributed by atoms with E-state index >= 15 is 0 Å². The van der Waals surface area contributed by atoms with Gasteiger partial charge in [-0.25, -0.2) is 15.3 Å². The van der Waals surface area contributed by atoms with Gasteiger partial charge in [-0.05, 0) is 17.7 Å². The van der Waals surface area contributed by atoms with Crippen LogP contribution >= 0.6 is 0 Å². The van der Waals surface area contributed by atoms with Gasteiger partial charge in [-0.2, -0.15) is 23.4 Å². The van der Waals surface area contributed by atoms with Crippen molar-refractivity contribution in [3.63, 3.8) is 0 Å². The maximum absolute atomic E-state index is 12.4. The van der Waals surface area contributed by atoms with E-state index in [1.54, 1.807) is 0 Å². The molecular weight excluding hydrogens is 343 g/mol. The molecule has 0 bridgehead atoms. The van der Waals surface area contributed by atoms with Gasteiger partial charge in [0.1, 0.15) is 5.69 Å². The number of benzene rings is 1. The normalized spacial score (nSPS) is 11.6. The molecule has 0 aliphatic rings. The molecule has 1 amide bonds. The van der Waals surface area contributed by atoms with E-state index < -0.39 is 28.9 Å². The summed E-state index contributed by atoms with van der Waals surface area (Å²) in [7, 11) is 0. The molecule has 8 nitrogen and oxygen atoms in total. The van der Waals surface area contributed by atoms with Crippen molar-refractivity contribution >= 4 is 12.1 Å². The summed E-state index contributed by atoms with van der Waals surface area (Å²) in [5.41, 5.74) is 0.303. The van der Waals surface area contributed by atoms with Gasteiger partial charge in [0.2, 0.25) is 5.91 Å². The first kappa shape index (κ1) is 18.1. The number of nitrogens with zero attached hydrogens (tertiary/aromatic N) is 2. The highest BCUT2D eigenvalue weighted by Gasteiger charge is 2.29. The molecule has 1 heterocycles. The second-order valence-corrected chi connectivity index (χ2v) is 4.87. The number of alkyl halides is 3. The highest BCUT2D eigenvalue weighted by Crippen LogP contribution is 2.28. The molecular formula is C14H12F3N5O3. The number of halogens is 3. The zero-order valence-corrected chi connectivity index (χ0v) is 12.6. The van der Waals surface area contributed by atoms with Crippen LogP contribution < -0.4 is 16.7 Å². The number of amides is 1. The monoisotopic (exact) mass is 355 g/mol. The molecule has 1 aromatic carbocycles. The second-order valence-electron chi connectivity index (χ2n) is 4.87. The van der Waals surface area contributed by atoms with E-state index in [0.29, 0.717) is 5.56 Å². The van der Waals surface area contributed by atoms with Gasteiger partial charge in [0, 0.05) is 12.8 Å². The third kappa shape index (κ3) is 5.41. The second kappa shape index (κ2) is 7.55. The first-order chi connectivity index (χ1) is 11.8. The maximum Gasteiger partial charge on any atom is 0.416 e. The van der Waals surface area contributed by atoms with Gasteiger partial charge in [0.05, 0.1) is 11.8 Å². The summed E-state index contributed by atoms with van der Waals surface area (Å²) in [6.07, 6.45) is -3.37. The molecule has 0 spiro atoms. The molecule has 0 fully saturated rings. The van der Waals surface area contributed by atoms with Crippen molar-refractivity contribution in [3.8, 4) is 0 Å². The zero-order valence-electron chi connectivity index (χ0n) is 12.6. The van der Waals surface area contributed by atoms with Crippen LogP contribution in [0.1, 0.15) is 23.2 Å². The van der Waals surface area contributed by atoms with Crippen LogP contribution in [0.3, 0.4) is 0 Å². The maximum atomic E-state index is 12.4. The lowest BCUT2D eigenvalue weighted by Gasteiger charge is -2.05. The Hall–Kier alpha value is -3.24. The highest BCUT2D eigenvalue weighted by atomic mass is 19.4. The Bertz CT molecular complexity index is 884. The smallest absolute Gasteiger partial charge is 0.273 e. The van der Waals surface area contributed by atoms with E-state index in [-0.39, 0.29) is 18.5 Å². The molecule has 0 saturated heterocycles. The number of H-pyrrole nitrogens is 2. The highest BCUT2D eigenvalue weighted by molar-refractivity contribution is 5.82. The van der Waals surface area contributed by atoms with E-state index in [0.717, 1.165) is 12.1 Å². The Morgan fingerprint density at radius 2 is 1.92 bits per heavy atom. The number of hydrogen-bond acceptors (Lipinski definition) is 5. The van der Waals surface area contributed by atoms with Crippen molar-refractivity contribution in [3.05, 3.63) is 61.9 Å². The number of aryl methyl sites for hydroxylation is 1. The van der Waals surface area contributed by atoms with Crippen molar-refractivity contribution in [1.82, 2.24) is 20.6 Å². The Morgan fingerprint density at radius 3 is 2.52 bits per heavy atom. The number of aromatic nitrogens is 3. The van der Waals surface area contributed by atoms with Crippen molar-refractivity contribution in [2.24, 2.45) is 5.10 Å². The Kier molecular flexibility index (Phi) is 5.47. The Balaban J connectivity index is 1.86. The van der Waals surface area contributed by atoms with Crippen LogP contribution in [-0.4, -0.2) is 27.3 Å². The lowest BCUT2D eigenvalue weighted by atomic mass is 10.1. The Labute approximate surface area is 137 Å². The molecule has 0 aliphatic carbocycles. The average Bonchev–Trinajstić information content (AvgIpc) is 2.53. The summed E-state index contributed by atoms with van der Waals surface area (Å²) in [6, 6.07) is 4.22. The van der Waals surface area contributed by atoms with Crippen LogP contribution in [0, 0.1) is 0 Å². The lowest BCUT2D eigenvalue weighted by Crippen LogP contribution is -2.28. The summed E-state index contributed by atoms with van der Waals surface area (Å²) in [4.78, 5) is 35.7. The van der Waals surface area contributed by atoms with E-state index in [4.69, 9.17) is 0 Å². The SMILES string of the molecule is O=C(CCc1n[nH]c(=O)[nH]c1=O)N/N=C/c1ccc(C(F)(F)F)cc1. The van der Waals surface area contributed by atoms with E-state index in [9.17, 15) is 27.6 Å². The van der Waals surface area contributed by atoms with Crippen LogP contribution in [-0.2, 0) is 17.4 Å². The minimum atomic E-state index is -4.42. The van der Waals surface area contributed by atoms with Crippen LogP contribution in [0.15, 0.2) is 39.0 Å². The van der Waals surface area contributed by atoms with Crippen LogP contribution in [0.5, 0.6) is 0 Å². The van der Waals surface area contributed by atoms with E-state index in [1.807, 2.05) is 10.1 Å². The Morgan fingerprint density at radius 1 is 1.24 bits per heavy atom. The van der Waals surface area contributed by atoms with Gasteiger partial charge in [-0.15, -0.1) is 0 Å². The number of aromatic amines is 2. The van der Waals surface area contributed by atoms with Crippen molar-refractivity contribution in [1.29, 1.82) is 0 Å². The molecule has 2 rings (SSSR count). The van der Waals surface area contributed by atoms with Gasteiger partial charge in [-0.1, -0.05) is 12.1 Å². The molecule has 25 heavy (non-hydrogen) atoms. The molecule has 0 unspecified atom stereocenters. The molecule has 0 aliphatic heterocycles. The molecule has 2 aromatic rings. The summed E-state index contributed by atoms with van der Waals surface area (Å²) >= 11 is 0. The molecule has 11 heteroatoms. The number of hydrogen-bond donors (Lipinski definition) is 3. The van der Waals surface area contributed by atoms with Gasteiger partial charge in [0.15, 0.2) is 0 Å². The molecule has 3 N–H and O–H groups in total. The summed E-state index contributed by atoms with van der Waals surface area (Å²) in [5, 5.41) is 9.17. The number of hydrazone groups is 1. The topological polar surface area (TPSA) is 120 Å². The van der Waals surface area contributed by atoms with Crippen LogP contribution in [0.4, 0.5) is 13.2 Å². The molecule has 1 aromatic heterocycles. The predicted octanol–water partition coefficient (Wildman–Crippen LogP) is 0.560. The number of rotatable bonds is 5. The van der Waals surface area contributed by atoms with Gasteiger partial charge >= 0.3 is 11.9 Å². The fourth-order valence-corrected chi connectivity index (χ4v) is 1.77. The third-order valence-corrected chi connectivity index (χ3v) is 3.01. The minimum absolute atomic E-state index is 0.0125.